The number of aryl methyl sites for hydroxylation is 2. The minimum atomic E-state index is -0.346. The SMILES string of the molecule is CCCC(O)CNCc1nc2sc(C)c(C)c2c(=O)[nH]1. The minimum absolute atomic E-state index is 0.0808. The van der Waals surface area contributed by atoms with Crippen LogP contribution in [-0.4, -0.2) is 27.7 Å². The Kier molecular flexibility index (Phi) is 4.91. The number of nitrogens with one attached hydrogen (secondary N) is 2. The summed E-state index contributed by atoms with van der Waals surface area (Å²) in [5, 5.41) is 13.5. The zero-order valence-electron chi connectivity index (χ0n) is 12.1. The largest absolute Gasteiger partial charge is 0.392 e. The van der Waals surface area contributed by atoms with Gasteiger partial charge >= 0.3 is 0 Å². The van der Waals surface area contributed by atoms with Crippen LogP contribution in [0.3, 0.4) is 0 Å². The second-order valence-electron chi connectivity index (χ2n) is 5.05. The van der Waals surface area contributed by atoms with Gasteiger partial charge in [0.15, 0.2) is 0 Å². The smallest absolute Gasteiger partial charge is 0.259 e. The van der Waals surface area contributed by atoms with Crippen LogP contribution in [0.2, 0.25) is 0 Å². The van der Waals surface area contributed by atoms with Gasteiger partial charge in [-0.1, -0.05) is 13.3 Å². The van der Waals surface area contributed by atoms with Crippen molar-refractivity contribution in [3.05, 3.63) is 26.6 Å². The lowest BCUT2D eigenvalue weighted by Gasteiger charge is -2.10. The summed E-state index contributed by atoms with van der Waals surface area (Å²) < 4.78 is 0. The lowest BCUT2D eigenvalue weighted by Crippen LogP contribution is -2.27. The number of hydrogen-bond acceptors (Lipinski definition) is 5. The molecule has 0 spiro atoms. The summed E-state index contributed by atoms with van der Waals surface area (Å²) >= 11 is 1.55. The van der Waals surface area contributed by atoms with Gasteiger partial charge in [-0.3, -0.25) is 4.79 Å². The van der Waals surface area contributed by atoms with Gasteiger partial charge in [0.25, 0.3) is 5.56 Å². The van der Waals surface area contributed by atoms with Crippen LogP contribution in [0.5, 0.6) is 0 Å². The quantitative estimate of drug-likeness (QED) is 0.760. The van der Waals surface area contributed by atoms with Gasteiger partial charge in [-0.15, -0.1) is 11.3 Å². The predicted octanol–water partition coefficient (Wildman–Crippen LogP) is 1.85. The fourth-order valence-electron chi connectivity index (χ4n) is 2.18. The summed E-state index contributed by atoms with van der Waals surface area (Å²) in [6.45, 7) is 6.96. The van der Waals surface area contributed by atoms with Crippen molar-refractivity contribution < 1.29 is 5.11 Å². The van der Waals surface area contributed by atoms with E-state index in [1.54, 1.807) is 11.3 Å². The first-order valence-corrected chi connectivity index (χ1v) is 7.72. The van der Waals surface area contributed by atoms with Crippen LogP contribution in [0, 0.1) is 13.8 Å². The van der Waals surface area contributed by atoms with Gasteiger partial charge in [0, 0.05) is 11.4 Å². The molecule has 0 bridgehead atoms. The van der Waals surface area contributed by atoms with Crippen molar-refractivity contribution in [2.45, 2.75) is 46.3 Å². The molecule has 1 atom stereocenters. The van der Waals surface area contributed by atoms with E-state index >= 15 is 0 Å². The number of rotatable bonds is 6. The Morgan fingerprint density at radius 3 is 2.90 bits per heavy atom. The number of aromatic amines is 1. The molecule has 0 radical (unpaired) electrons. The first kappa shape index (κ1) is 15.2. The maximum Gasteiger partial charge on any atom is 0.259 e. The fraction of sp³-hybridized carbons (Fsp3) is 0.571. The molecule has 2 aromatic heterocycles. The summed E-state index contributed by atoms with van der Waals surface area (Å²) in [6, 6.07) is 0. The van der Waals surface area contributed by atoms with Gasteiger partial charge in [0.05, 0.1) is 18.0 Å². The number of aromatic nitrogens is 2. The van der Waals surface area contributed by atoms with Gasteiger partial charge in [0.2, 0.25) is 0 Å². The van der Waals surface area contributed by atoms with Crippen molar-refractivity contribution in [2.75, 3.05) is 6.54 Å². The molecule has 0 aliphatic heterocycles. The normalized spacial score (nSPS) is 13.0. The van der Waals surface area contributed by atoms with E-state index in [0.717, 1.165) is 28.1 Å². The molecule has 2 aromatic rings. The third-order valence-electron chi connectivity index (χ3n) is 3.38. The number of fused-ring (bicyclic) bond motifs is 1. The zero-order chi connectivity index (χ0) is 14.7. The average Bonchev–Trinajstić information content (AvgIpc) is 2.65. The highest BCUT2D eigenvalue weighted by molar-refractivity contribution is 7.18. The van der Waals surface area contributed by atoms with Crippen LogP contribution in [0.15, 0.2) is 4.79 Å². The van der Waals surface area contributed by atoms with E-state index in [9.17, 15) is 9.90 Å². The summed E-state index contributed by atoms with van der Waals surface area (Å²) in [4.78, 5) is 21.3. The van der Waals surface area contributed by atoms with Crippen molar-refractivity contribution >= 4 is 21.6 Å². The van der Waals surface area contributed by atoms with Crippen molar-refractivity contribution in [1.29, 1.82) is 0 Å². The summed E-state index contributed by atoms with van der Waals surface area (Å²) in [6.07, 6.45) is 1.39. The van der Waals surface area contributed by atoms with Gasteiger partial charge in [0.1, 0.15) is 10.7 Å². The first-order valence-electron chi connectivity index (χ1n) is 6.90. The molecule has 2 heterocycles. The van der Waals surface area contributed by atoms with Gasteiger partial charge in [-0.05, 0) is 25.8 Å². The Hall–Kier alpha value is -1.24. The maximum atomic E-state index is 12.1. The summed E-state index contributed by atoms with van der Waals surface area (Å²) in [7, 11) is 0. The van der Waals surface area contributed by atoms with Crippen LogP contribution in [0.1, 0.15) is 36.0 Å². The lowest BCUT2D eigenvalue weighted by atomic mass is 10.2. The molecule has 0 aliphatic carbocycles. The van der Waals surface area contributed by atoms with Crippen LogP contribution in [-0.2, 0) is 6.54 Å². The Balaban J connectivity index is 2.10. The molecule has 0 aromatic carbocycles. The van der Waals surface area contributed by atoms with E-state index < -0.39 is 0 Å². The first-order chi connectivity index (χ1) is 9.52. The van der Waals surface area contributed by atoms with Crippen molar-refractivity contribution in [3.8, 4) is 0 Å². The highest BCUT2D eigenvalue weighted by Crippen LogP contribution is 2.25. The number of aliphatic hydroxyl groups excluding tert-OH is 1. The third-order valence-corrected chi connectivity index (χ3v) is 4.48. The highest BCUT2D eigenvalue weighted by atomic mass is 32.1. The van der Waals surface area contributed by atoms with Crippen molar-refractivity contribution in [3.63, 3.8) is 0 Å². The molecular formula is C14H21N3O2S. The van der Waals surface area contributed by atoms with E-state index in [1.165, 1.54) is 0 Å². The second kappa shape index (κ2) is 6.47. The Bertz CT molecular complexity index is 648. The van der Waals surface area contributed by atoms with E-state index in [4.69, 9.17) is 0 Å². The fourth-order valence-corrected chi connectivity index (χ4v) is 3.22. The van der Waals surface area contributed by atoms with E-state index in [1.807, 2.05) is 20.8 Å². The molecule has 0 fully saturated rings. The Morgan fingerprint density at radius 1 is 1.45 bits per heavy atom. The number of thiophene rings is 1. The molecule has 5 nitrogen and oxygen atoms in total. The second-order valence-corrected chi connectivity index (χ2v) is 6.25. The van der Waals surface area contributed by atoms with E-state index in [2.05, 4.69) is 15.3 Å². The van der Waals surface area contributed by atoms with E-state index in [0.29, 0.717) is 24.3 Å². The third kappa shape index (κ3) is 3.26. The van der Waals surface area contributed by atoms with Gasteiger partial charge < -0.3 is 15.4 Å². The predicted molar refractivity (Wildman–Crippen MR) is 82.3 cm³/mol. The Morgan fingerprint density at radius 2 is 2.20 bits per heavy atom. The molecular weight excluding hydrogens is 274 g/mol. The molecule has 6 heteroatoms. The van der Waals surface area contributed by atoms with Crippen molar-refractivity contribution in [1.82, 2.24) is 15.3 Å². The van der Waals surface area contributed by atoms with Crippen molar-refractivity contribution in [2.24, 2.45) is 0 Å². The zero-order valence-corrected chi connectivity index (χ0v) is 12.9. The topological polar surface area (TPSA) is 78.0 Å². The molecule has 0 saturated carbocycles. The number of hydrogen-bond donors (Lipinski definition) is 3. The number of nitrogens with zero attached hydrogens (tertiary/aromatic N) is 1. The molecule has 3 N–H and O–H groups in total. The standard InChI is InChI=1S/C14H21N3O2S/c1-4-5-10(18)6-15-7-11-16-13(19)12-8(2)9(3)20-14(12)17-11/h10,15,18H,4-7H2,1-3H3,(H,16,17,19). The van der Waals surface area contributed by atoms with Crippen LogP contribution < -0.4 is 10.9 Å². The van der Waals surface area contributed by atoms with Gasteiger partial charge in [-0.25, -0.2) is 4.98 Å². The Labute approximate surface area is 122 Å². The van der Waals surface area contributed by atoms with Crippen LogP contribution in [0.4, 0.5) is 0 Å². The molecule has 2 rings (SSSR count). The maximum absolute atomic E-state index is 12.1. The minimum Gasteiger partial charge on any atom is -0.392 e. The molecule has 0 amide bonds. The molecule has 0 aliphatic rings. The molecule has 1 unspecified atom stereocenters. The summed E-state index contributed by atoms with van der Waals surface area (Å²) in [5.41, 5.74) is 0.930. The lowest BCUT2D eigenvalue weighted by molar-refractivity contribution is 0.160. The monoisotopic (exact) mass is 295 g/mol. The molecule has 20 heavy (non-hydrogen) atoms. The van der Waals surface area contributed by atoms with Gasteiger partial charge in [-0.2, -0.15) is 0 Å². The highest BCUT2D eigenvalue weighted by Gasteiger charge is 2.11. The average molecular weight is 295 g/mol. The van der Waals surface area contributed by atoms with Crippen LogP contribution >= 0.6 is 11.3 Å². The molecule has 110 valence electrons. The number of H-pyrrole nitrogens is 1. The molecule has 0 saturated heterocycles. The van der Waals surface area contributed by atoms with E-state index in [-0.39, 0.29) is 11.7 Å². The summed E-state index contributed by atoms with van der Waals surface area (Å²) in [5.74, 6) is 0.618. The van der Waals surface area contributed by atoms with Crippen LogP contribution in [0.25, 0.3) is 10.2 Å². The number of aliphatic hydroxyl groups is 1.